The minimum Gasteiger partial charge on any atom is -0.532 e. The maximum Gasteiger partial charge on any atom is 0.552 e. The molecular formula is C21H24BN5O4. The quantitative estimate of drug-likeness (QED) is 0.631. The Balaban J connectivity index is 1.67. The first kappa shape index (κ1) is 21.0. The van der Waals surface area contributed by atoms with Crippen LogP contribution in [-0.2, 0) is 4.74 Å². The van der Waals surface area contributed by atoms with E-state index in [2.05, 4.69) is 16.5 Å². The second kappa shape index (κ2) is 8.45. The number of rotatable bonds is 5. The molecule has 160 valence electrons. The number of nitrogens with one attached hydrogen (secondary N) is 1. The number of benzene rings is 1. The van der Waals surface area contributed by atoms with Crippen LogP contribution in [0.5, 0.6) is 5.75 Å². The van der Waals surface area contributed by atoms with Crippen molar-refractivity contribution in [2.75, 3.05) is 18.5 Å². The zero-order chi connectivity index (χ0) is 22.1. The number of fused-ring (bicyclic) bond motifs is 1. The number of nitrogens with zero attached hydrogens (tertiary/aromatic N) is 3. The summed E-state index contributed by atoms with van der Waals surface area (Å²) in [4.78, 5) is 12.0. The first-order chi connectivity index (χ1) is 14.9. The van der Waals surface area contributed by atoms with Gasteiger partial charge in [-0.2, -0.15) is 10.4 Å². The van der Waals surface area contributed by atoms with Gasteiger partial charge in [-0.25, -0.2) is 0 Å². The molecule has 2 unspecified atom stereocenters. The van der Waals surface area contributed by atoms with E-state index in [-0.39, 0.29) is 23.4 Å². The van der Waals surface area contributed by atoms with Crippen molar-refractivity contribution < 1.29 is 19.2 Å². The molecule has 2 aliphatic rings. The fourth-order valence-corrected chi connectivity index (χ4v) is 3.95. The standard InChI is InChI=1S/C21H24BN5O4/c1-12(2)16-8-22(29)31-19-4-3-14(7-15(16)19)25-21-17(20(24)28)10-27(26-21)18-11-30-6-5-13(18)9-23/h3-4,7-8,10,12-13,18,29H,5-6,11H2,1-2H3,(H2,24,28)(H,25,26). The highest BCUT2D eigenvalue weighted by molar-refractivity contribution is 6.52. The molecule has 2 atom stereocenters. The van der Waals surface area contributed by atoms with Gasteiger partial charge >= 0.3 is 7.12 Å². The molecule has 1 amide bonds. The lowest BCUT2D eigenvalue weighted by atomic mass is 9.78. The van der Waals surface area contributed by atoms with E-state index in [9.17, 15) is 15.1 Å². The molecule has 0 saturated carbocycles. The SMILES string of the molecule is CC(C)C1=CB(O)Oc2ccc(Nc3nn(C4COCCC4C#N)cc3C(N)=O)cc21. The van der Waals surface area contributed by atoms with Crippen LogP contribution in [0.1, 0.15) is 42.2 Å². The van der Waals surface area contributed by atoms with E-state index in [1.54, 1.807) is 29.0 Å². The van der Waals surface area contributed by atoms with Crippen LogP contribution < -0.4 is 15.7 Å². The normalized spacial score (nSPS) is 20.5. The van der Waals surface area contributed by atoms with Crippen molar-refractivity contribution in [2.24, 2.45) is 17.6 Å². The lowest BCUT2D eigenvalue weighted by molar-refractivity contribution is 0.0342. The van der Waals surface area contributed by atoms with E-state index in [1.165, 1.54) is 0 Å². The average molecular weight is 421 g/mol. The molecule has 1 aromatic carbocycles. The van der Waals surface area contributed by atoms with Crippen molar-refractivity contribution in [3.8, 4) is 11.8 Å². The van der Waals surface area contributed by atoms with Crippen LogP contribution in [0, 0.1) is 23.2 Å². The van der Waals surface area contributed by atoms with Crippen molar-refractivity contribution in [3.05, 3.63) is 41.5 Å². The van der Waals surface area contributed by atoms with Crippen molar-refractivity contribution in [1.29, 1.82) is 5.26 Å². The van der Waals surface area contributed by atoms with E-state index in [4.69, 9.17) is 15.1 Å². The lowest BCUT2D eigenvalue weighted by Crippen LogP contribution is -2.29. The number of amides is 1. The molecule has 3 heterocycles. The van der Waals surface area contributed by atoms with Crippen molar-refractivity contribution in [3.63, 3.8) is 0 Å². The second-order valence-electron chi connectivity index (χ2n) is 8.02. The van der Waals surface area contributed by atoms with E-state index in [0.717, 1.165) is 11.1 Å². The zero-order valence-corrected chi connectivity index (χ0v) is 17.4. The Kier molecular flexibility index (Phi) is 5.72. The van der Waals surface area contributed by atoms with Crippen LogP contribution in [-0.4, -0.2) is 41.0 Å². The molecule has 1 fully saturated rings. The highest BCUT2D eigenvalue weighted by Crippen LogP contribution is 2.37. The molecule has 10 heteroatoms. The van der Waals surface area contributed by atoms with Gasteiger partial charge in [0, 0.05) is 24.1 Å². The minimum absolute atomic E-state index is 0.183. The van der Waals surface area contributed by atoms with Crippen molar-refractivity contribution >= 4 is 30.1 Å². The second-order valence-corrected chi connectivity index (χ2v) is 8.02. The van der Waals surface area contributed by atoms with Gasteiger partial charge in [0.2, 0.25) is 0 Å². The maximum absolute atomic E-state index is 12.0. The molecule has 1 saturated heterocycles. The molecule has 9 nitrogen and oxygen atoms in total. The van der Waals surface area contributed by atoms with E-state index in [0.29, 0.717) is 36.9 Å². The Bertz CT molecular complexity index is 1070. The topological polar surface area (TPSA) is 135 Å². The average Bonchev–Trinajstić information content (AvgIpc) is 3.17. The molecule has 2 aliphatic heterocycles. The molecule has 0 bridgehead atoms. The molecule has 31 heavy (non-hydrogen) atoms. The number of ether oxygens (including phenoxy) is 1. The molecule has 0 spiro atoms. The van der Waals surface area contributed by atoms with Crippen molar-refractivity contribution in [1.82, 2.24) is 9.78 Å². The number of nitriles is 1. The van der Waals surface area contributed by atoms with Gasteiger partial charge in [-0.3, -0.25) is 9.48 Å². The molecule has 2 aromatic rings. The lowest BCUT2D eigenvalue weighted by Gasteiger charge is -2.27. The van der Waals surface area contributed by atoms with Gasteiger partial charge in [-0.05, 0) is 42.1 Å². The summed E-state index contributed by atoms with van der Waals surface area (Å²) in [5.41, 5.74) is 8.32. The highest BCUT2D eigenvalue weighted by Gasteiger charge is 2.30. The Morgan fingerprint density at radius 1 is 1.48 bits per heavy atom. The summed E-state index contributed by atoms with van der Waals surface area (Å²) < 4.78 is 12.6. The number of nitrogens with two attached hydrogens (primary N) is 1. The number of hydrogen-bond acceptors (Lipinski definition) is 7. The summed E-state index contributed by atoms with van der Waals surface area (Å²) >= 11 is 0. The molecule has 4 N–H and O–H groups in total. The Hall–Kier alpha value is -3.29. The summed E-state index contributed by atoms with van der Waals surface area (Å²) in [6, 6.07) is 7.43. The zero-order valence-electron chi connectivity index (χ0n) is 17.4. The maximum atomic E-state index is 12.0. The monoisotopic (exact) mass is 421 g/mol. The van der Waals surface area contributed by atoms with Gasteiger partial charge in [-0.1, -0.05) is 13.8 Å². The third-order valence-corrected chi connectivity index (χ3v) is 5.57. The van der Waals surface area contributed by atoms with Crippen molar-refractivity contribution in [2.45, 2.75) is 26.3 Å². The summed E-state index contributed by atoms with van der Waals surface area (Å²) in [7, 11) is -0.980. The number of allylic oxidation sites excluding steroid dienone is 1. The molecule has 0 aliphatic carbocycles. The Morgan fingerprint density at radius 3 is 3.00 bits per heavy atom. The smallest absolute Gasteiger partial charge is 0.532 e. The Morgan fingerprint density at radius 2 is 2.29 bits per heavy atom. The first-order valence-corrected chi connectivity index (χ1v) is 10.2. The Labute approximate surface area is 180 Å². The molecule has 4 rings (SSSR count). The van der Waals surface area contributed by atoms with E-state index < -0.39 is 13.0 Å². The number of hydrogen-bond donors (Lipinski definition) is 3. The van der Waals surface area contributed by atoms with Gasteiger partial charge in [0.1, 0.15) is 11.3 Å². The highest BCUT2D eigenvalue weighted by atomic mass is 16.5. The third kappa shape index (κ3) is 4.15. The fourth-order valence-electron chi connectivity index (χ4n) is 3.95. The molecule has 0 radical (unpaired) electrons. The van der Waals surface area contributed by atoms with Crippen LogP contribution in [0.3, 0.4) is 0 Å². The van der Waals surface area contributed by atoms with E-state index >= 15 is 0 Å². The van der Waals surface area contributed by atoms with Gasteiger partial charge in [0.15, 0.2) is 5.82 Å². The fraction of sp³-hybridized carbons (Fsp3) is 0.381. The summed E-state index contributed by atoms with van der Waals surface area (Å²) in [6.07, 6.45) is 2.17. The summed E-state index contributed by atoms with van der Waals surface area (Å²) in [6.45, 7) is 4.96. The van der Waals surface area contributed by atoms with E-state index in [1.807, 2.05) is 19.9 Å². The van der Waals surface area contributed by atoms with Crippen LogP contribution in [0.15, 0.2) is 30.4 Å². The summed E-state index contributed by atoms with van der Waals surface area (Å²) in [5.74, 6) is 1.88. The molecular weight excluding hydrogens is 397 g/mol. The largest absolute Gasteiger partial charge is 0.552 e. The van der Waals surface area contributed by atoms with Gasteiger partial charge in [0.25, 0.3) is 5.91 Å². The first-order valence-electron chi connectivity index (χ1n) is 10.2. The van der Waals surface area contributed by atoms with Gasteiger partial charge in [-0.15, -0.1) is 0 Å². The number of anilines is 2. The number of carbonyl (C=O) groups is 1. The van der Waals surface area contributed by atoms with Crippen LogP contribution in [0.4, 0.5) is 11.5 Å². The number of carbonyl (C=O) groups excluding carboxylic acids is 1. The molecule has 1 aromatic heterocycles. The van der Waals surface area contributed by atoms with Gasteiger partial charge in [0.05, 0.1) is 24.6 Å². The number of aromatic nitrogens is 2. The number of primary amides is 1. The van der Waals surface area contributed by atoms with Crippen LogP contribution in [0.25, 0.3) is 5.57 Å². The van der Waals surface area contributed by atoms with Gasteiger partial charge < -0.3 is 25.5 Å². The van der Waals surface area contributed by atoms with Crippen LogP contribution in [0.2, 0.25) is 0 Å². The predicted molar refractivity (Wildman–Crippen MR) is 115 cm³/mol. The summed E-state index contributed by atoms with van der Waals surface area (Å²) in [5, 5.41) is 27.1. The van der Waals surface area contributed by atoms with Crippen LogP contribution >= 0.6 is 0 Å². The third-order valence-electron chi connectivity index (χ3n) is 5.57. The minimum atomic E-state index is -0.980. The predicted octanol–water partition coefficient (Wildman–Crippen LogP) is 2.28.